The lowest BCUT2D eigenvalue weighted by molar-refractivity contribution is -0.172. The van der Waals surface area contributed by atoms with Gasteiger partial charge >= 0.3 is 11.9 Å². The van der Waals surface area contributed by atoms with Gasteiger partial charge < -0.3 is 4.74 Å². The molecule has 0 saturated heterocycles. The lowest BCUT2D eigenvalue weighted by Crippen LogP contribution is -2.30. The molecule has 0 saturated carbocycles. The highest BCUT2D eigenvalue weighted by atomic mass is 19.3. The molecule has 0 aliphatic heterocycles. The van der Waals surface area contributed by atoms with Crippen LogP contribution in [0.25, 0.3) is 6.08 Å². The molecule has 0 aliphatic rings. The van der Waals surface area contributed by atoms with Gasteiger partial charge in [0.25, 0.3) is 0 Å². The minimum absolute atomic E-state index is 0.0196. The topological polar surface area (TPSA) is 26.3 Å². The van der Waals surface area contributed by atoms with Crippen molar-refractivity contribution < 1.29 is 18.3 Å². The molecule has 0 spiro atoms. The summed E-state index contributed by atoms with van der Waals surface area (Å²) in [5, 5.41) is 0. The van der Waals surface area contributed by atoms with E-state index < -0.39 is 18.3 Å². The highest BCUT2D eigenvalue weighted by Crippen LogP contribution is 2.23. The fourth-order valence-electron chi connectivity index (χ4n) is 1.73. The van der Waals surface area contributed by atoms with E-state index in [0.29, 0.717) is 19.3 Å². The van der Waals surface area contributed by atoms with Gasteiger partial charge in [0.1, 0.15) is 0 Å². The number of esters is 1. The molecule has 4 heteroatoms. The molecule has 20 heavy (non-hydrogen) atoms. The molecule has 2 nitrogen and oxygen atoms in total. The number of alkyl halides is 2. The average molecular weight is 282 g/mol. The first-order valence-electron chi connectivity index (χ1n) is 6.83. The fourth-order valence-corrected chi connectivity index (χ4v) is 1.73. The summed E-state index contributed by atoms with van der Waals surface area (Å²) < 4.78 is 30.9. The van der Waals surface area contributed by atoms with E-state index in [1.54, 1.807) is 0 Å². The van der Waals surface area contributed by atoms with E-state index in [9.17, 15) is 13.6 Å². The first-order chi connectivity index (χ1) is 9.56. The molecule has 0 aromatic heterocycles. The van der Waals surface area contributed by atoms with Crippen LogP contribution in [0.3, 0.4) is 0 Å². The number of carbonyl (C=O) groups is 1. The summed E-state index contributed by atoms with van der Waals surface area (Å²) in [5.41, 5.74) is 1.09. The molecule has 0 bridgehead atoms. The minimum Gasteiger partial charge on any atom is -0.462 e. The van der Waals surface area contributed by atoms with Gasteiger partial charge in [0.15, 0.2) is 0 Å². The SMILES string of the molecule is CCOC(=O)C(F)(F)CCCC/C=C/c1ccccc1. The van der Waals surface area contributed by atoms with Crippen molar-refractivity contribution in [1.82, 2.24) is 0 Å². The summed E-state index contributed by atoms with van der Waals surface area (Å²) in [6.45, 7) is 1.50. The van der Waals surface area contributed by atoms with E-state index in [4.69, 9.17) is 0 Å². The van der Waals surface area contributed by atoms with Crippen LogP contribution >= 0.6 is 0 Å². The second-order valence-electron chi connectivity index (χ2n) is 4.48. The molecular formula is C16H20F2O2. The van der Waals surface area contributed by atoms with E-state index in [0.717, 1.165) is 5.56 Å². The lowest BCUT2D eigenvalue weighted by atomic mass is 10.1. The Balaban J connectivity index is 2.22. The normalized spacial score (nSPS) is 11.8. The van der Waals surface area contributed by atoms with Gasteiger partial charge in [-0.25, -0.2) is 4.79 Å². The molecule has 1 rings (SSSR count). The van der Waals surface area contributed by atoms with Gasteiger partial charge in [0, 0.05) is 6.42 Å². The van der Waals surface area contributed by atoms with Gasteiger partial charge in [-0.2, -0.15) is 8.78 Å². The first kappa shape index (κ1) is 16.3. The number of rotatable bonds is 8. The molecule has 110 valence electrons. The number of hydrogen-bond donors (Lipinski definition) is 0. The van der Waals surface area contributed by atoms with Gasteiger partial charge in [0.05, 0.1) is 6.61 Å². The third-order valence-corrected chi connectivity index (χ3v) is 2.80. The first-order valence-corrected chi connectivity index (χ1v) is 6.83. The molecule has 0 fully saturated rings. The van der Waals surface area contributed by atoms with Crippen molar-refractivity contribution >= 4 is 12.0 Å². The van der Waals surface area contributed by atoms with E-state index in [-0.39, 0.29) is 6.61 Å². The number of ether oxygens (including phenoxy) is 1. The molecule has 0 heterocycles. The predicted octanol–water partition coefficient (Wildman–Crippen LogP) is 4.46. The molecule has 1 aromatic carbocycles. The molecule has 0 amide bonds. The summed E-state index contributed by atoms with van der Waals surface area (Å²) in [6.07, 6.45) is 5.10. The maximum atomic E-state index is 13.3. The standard InChI is InChI=1S/C16H20F2O2/c1-2-20-15(19)16(17,18)13-9-4-3-6-10-14-11-7-5-8-12-14/h5-8,10-12H,2-4,9,13H2,1H3/b10-6+. The zero-order valence-corrected chi connectivity index (χ0v) is 11.6. The van der Waals surface area contributed by atoms with Gasteiger partial charge in [-0.1, -0.05) is 42.5 Å². The zero-order chi connectivity index (χ0) is 14.8. The second-order valence-corrected chi connectivity index (χ2v) is 4.48. The van der Waals surface area contributed by atoms with Crippen LogP contribution in [-0.2, 0) is 9.53 Å². The van der Waals surface area contributed by atoms with Crippen molar-refractivity contribution in [3.63, 3.8) is 0 Å². The summed E-state index contributed by atoms with van der Waals surface area (Å²) in [5.74, 6) is -4.78. The summed E-state index contributed by atoms with van der Waals surface area (Å²) in [7, 11) is 0. The second kappa shape index (κ2) is 8.46. The van der Waals surface area contributed by atoms with Gasteiger partial charge in [0.2, 0.25) is 0 Å². The van der Waals surface area contributed by atoms with Crippen LogP contribution in [0.15, 0.2) is 36.4 Å². The number of carbonyl (C=O) groups excluding carboxylic acids is 1. The Hall–Kier alpha value is -1.71. The van der Waals surface area contributed by atoms with Gasteiger partial charge in [-0.15, -0.1) is 0 Å². The van der Waals surface area contributed by atoms with Gasteiger partial charge in [-0.3, -0.25) is 0 Å². The van der Waals surface area contributed by atoms with Crippen molar-refractivity contribution in [3.05, 3.63) is 42.0 Å². The average Bonchev–Trinajstić information content (AvgIpc) is 2.44. The number of hydrogen-bond acceptors (Lipinski definition) is 2. The summed E-state index contributed by atoms with van der Waals surface area (Å²) >= 11 is 0. The van der Waals surface area contributed by atoms with Crippen LogP contribution < -0.4 is 0 Å². The molecular weight excluding hydrogens is 262 g/mol. The highest BCUT2D eigenvalue weighted by molar-refractivity contribution is 5.77. The number of unbranched alkanes of at least 4 members (excludes halogenated alkanes) is 2. The smallest absolute Gasteiger partial charge is 0.376 e. The Morgan fingerprint density at radius 2 is 1.95 bits per heavy atom. The summed E-state index contributed by atoms with van der Waals surface area (Å²) in [4.78, 5) is 11.0. The zero-order valence-electron chi connectivity index (χ0n) is 11.6. The molecule has 0 atom stereocenters. The van der Waals surface area contributed by atoms with E-state index in [1.165, 1.54) is 6.92 Å². The van der Waals surface area contributed by atoms with Crippen LogP contribution in [0.4, 0.5) is 8.78 Å². The molecule has 0 N–H and O–H groups in total. The van der Waals surface area contributed by atoms with Crippen LogP contribution in [0.1, 0.15) is 38.2 Å². The van der Waals surface area contributed by atoms with Crippen LogP contribution in [0, 0.1) is 0 Å². The monoisotopic (exact) mass is 282 g/mol. The largest absolute Gasteiger partial charge is 0.462 e. The predicted molar refractivity (Wildman–Crippen MR) is 75.5 cm³/mol. The Bertz CT molecular complexity index is 427. The van der Waals surface area contributed by atoms with Crippen LogP contribution in [0.2, 0.25) is 0 Å². The van der Waals surface area contributed by atoms with Crippen LogP contribution in [-0.4, -0.2) is 18.5 Å². The number of halogens is 2. The minimum atomic E-state index is -3.36. The van der Waals surface area contributed by atoms with E-state index >= 15 is 0 Å². The molecule has 0 unspecified atom stereocenters. The van der Waals surface area contributed by atoms with Crippen molar-refractivity contribution in [1.29, 1.82) is 0 Å². The Morgan fingerprint density at radius 1 is 1.25 bits per heavy atom. The maximum absolute atomic E-state index is 13.3. The maximum Gasteiger partial charge on any atom is 0.376 e. The number of allylic oxidation sites excluding steroid dienone is 1. The van der Waals surface area contributed by atoms with Crippen molar-refractivity contribution in [2.75, 3.05) is 6.61 Å². The van der Waals surface area contributed by atoms with Crippen molar-refractivity contribution in [2.45, 2.75) is 38.5 Å². The molecule has 1 aromatic rings. The Labute approximate surface area is 118 Å². The fraction of sp³-hybridized carbons (Fsp3) is 0.438. The number of benzene rings is 1. The molecule has 0 aliphatic carbocycles. The third kappa shape index (κ3) is 5.95. The van der Waals surface area contributed by atoms with Crippen molar-refractivity contribution in [3.8, 4) is 0 Å². The van der Waals surface area contributed by atoms with Crippen LogP contribution in [0.5, 0.6) is 0 Å². The third-order valence-electron chi connectivity index (χ3n) is 2.80. The molecule has 0 radical (unpaired) electrons. The van der Waals surface area contributed by atoms with E-state index in [2.05, 4.69) is 4.74 Å². The Kier molecular flexibility index (Phi) is 6.91. The van der Waals surface area contributed by atoms with Crippen molar-refractivity contribution in [2.24, 2.45) is 0 Å². The highest BCUT2D eigenvalue weighted by Gasteiger charge is 2.39. The van der Waals surface area contributed by atoms with E-state index in [1.807, 2.05) is 42.5 Å². The Morgan fingerprint density at radius 3 is 2.60 bits per heavy atom. The summed E-state index contributed by atoms with van der Waals surface area (Å²) in [6, 6.07) is 9.78. The quantitative estimate of drug-likeness (QED) is 0.520. The lowest BCUT2D eigenvalue weighted by Gasteiger charge is -2.13. The van der Waals surface area contributed by atoms with Gasteiger partial charge in [-0.05, 0) is 31.7 Å².